The van der Waals surface area contributed by atoms with Crippen molar-refractivity contribution in [3.8, 4) is 17.2 Å². The van der Waals surface area contributed by atoms with Gasteiger partial charge in [0.05, 0.1) is 7.11 Å². The van der Waals surface area contributed by atoms with E-state index >= 15 is 0 Å². The van der Waals surface area contributed by atoms with E-state index in [1.54, 1.807) is 19.2 Å². The van der Waals surface area contributed by atoms with Gasteiger partial charge in [0.25, 0.3) is 0 Å². The van der Waals surface area contributed by atoms with E-state index in [-0.39, 0.29) is 23.3 Å². The summed E-state index contributed by atoms with van der Waals surface area (Å²) in [5.41, 5.74) is 0.393. The average Bonchev–Trinajstić information content (AvgIpc) is 2.97. The molecular formula is C19H18F2N2O4. The van der Waals surface area contributed by atoms with Crippen molar-refractivity contribution in [2.45, 2.75) is 18.9 Å². The van der Waals surface area contributed by atoms with Crippen LogP contribution in [0, 0.1) is 11.6 Å². The molecule has 1 heterocycles. The summed E-state index contributed by atoms with van der Waals surface area (Å²) in [6.07, 6.45) is 0.778. The fourth-order valence-corrected chi connectivity index (χ4v) is 2.83. The van der Waals surface area contributed by atoms with Gasteiger partial charge in [-0.15, -0.1) is 0 Å². The number of halogens is 2. The maximum atomic E-state index is 13.4. The monoisotopic (exact) mass is 376 g/mol. The number of nitrogens with one attached hydrogen (secondary N) is 1. The second kappa shape index (κ2) is 7.61. The van der Waals surface area contributed by atoms with Crippen LogP contribution in [0.25, 0.3) is 0 Å². The lowest BCUT2D eigenvalue weighted by molar-refractivity contribution is -0.131. The molecule has 1 atom stereocenters. The van der Waals surface area contributed by atoms with Crippen molar-refractivity contribution in [2.24, 2.45) is 0 Å². The summed E-state index contributed by atoms with van der Waals surface area (Å²) in [7, 11) is 3.04. The van der Waals surface area contributed by atoms with E-state index in [4.69, 9.17) is 9.47 Å². The second-order valence-corrected chi connectivity index (χ2v) is 6.12. The van der Waals surface area contributed by atoms with E-state index in [0.717, 1.165) is 12.1 Å². The van der Waals surface area contributed by atoms with Crippen LogP contribution in [0.1, 0.15) is 12.8 Å². The van der Waals surface area contributed by atoms with Crippen LogP contribution in [-0.2, 0) is 9.59 Å². The summed E-state index contributed by atoms with van der Waals surface area (Å²) in [4.78, 5) is 25.5. The van der Waals surface area contributed by atoms with Gasteiger partial charge in [-0.3, -0.25) is 9.59 Å². The van der Waals surface area contributed by atoms with E-state index in [2.05, 4.69) is 5.32 Å². The van der Waals surface area contributed by atoms with Gasteiger partial charge in [-0.2, -0.15) is 0 Å². The lowest BCUT2D eigenvalue weighted by Crippen LogP contribution is -2.38. The third-order valence-electron chi connectivity index (χ3n) is 4.31. The topological polar surface area (TPSA) is 67.9 Å². The molecule has 142 valence electrons. The number of carbonyl (C=O) groups excluding carboxylic acids is 2. The lowest BCUT2D eigenvalue weighted by atomic mass is 10.2. The summed E-state index contributed by atoms with van der Waals surface area (Å²) < 4.78 is 37.1. The van der Waals surface area contributed by atoms with Gasteiger partial charge >= 0.3 is 0 Å². The Morgan fingerprint density at radius 2 is 1.85 bits per heavy atom. The molecule has 1 aliphatic heterocycles. The van der Waals surface area contributed by atoms with Gasteiger partial charge in [-0.05, 0) is 18.6 Å². The summed E-state index contributed by atoms with van der Waals surface area (Å²) in [6, 6.07) is 7.29. The molecule has 2 amide bonds. The van der Waals surface area contributed by atoms with Crippen LogP contribution in [0.4, 0.5) is 14.5 Å². The van der Waals surface area contributed by atoms with E-state index < -0.39 is 17.7 Å². The zero-order valence-electron chi connectivity index (χ0n) is 14.8. The molecule has 0 aromatic heterocycles. The fraction of sp³-hybridized carbons (Fsp3) is 0.263. The number of likely N-dealkylation sites (N-methyl/N-ethyl adjacent to an activating group) is 1. The molecule has 1 N–H and O–H groups in total. The molecule has 0 radical (unpaired) electrons. The molecule has 0 spiro atoms. The number of rotatable bonds is 5. The molecule has 0 unspecified atom stereocenters. The molecule has 0 saturated carbocycles. The third kappa shape index (κ3) is 4.16. The van der Waals surface area contributed by atoms with Crippen LogP contribution < -0.4 is 14.8 Å². The first-order valence-corrected chi connectivity index (χ1v) is 8.26. The Kier molecular flexibility index (Phi) is 5.25. The normalized spacial score (nSPS) is 16.4. The van der Waals surface area contributed by atoms with Gasteiger partial charge in [-0.25, -0.2) is 8.78 Å². The van der Waals surface area contributed by atoms with Gasteiger partial charge in [0.15, 0.2) is 11.6 Å². The minimum Gasteiger partial charge on any atom is -0.497 e. The lowest BCUT2D eigenvalue weighted by Gasteiger charge is -2.19. The van der Waals surface area contributed by atoms with Crippen molar-refractivity contribution >= 4 is 17.5 Å². The molecule has 27 heavy (non-hydrogen) atoms. The number of anilines is 1. The molecule has 1 aliphatic rings. The smallest absolute Gasteiger partial charge is 0.247 e. The summed E-state index contributed by atoms with van der Waals surface area (Å²) in [5.74, 6) is -1.64. The molecule has 0 bridgehead atoms. The van der Waals surface area contributed by atoms with Crippen molar-refractivity contribution in [1.82, 2.24) is 4.90 Å². The van der Waals surface area contributed by atoms with Crippen molar-refractivity contribution < 1.29 is 27.8 Å². The number of amides is 2. The van der Waals surface area contributed by atoms with E-state index in [0.29, 0.717) is 24.3 Å². The summed E-state index contributed by atoms with van der Waals surface area (Å²) >= 11 is 0. The van der Waals surface area contributed by atoms with Gasteiger partial charge in [0, 0.05) is 43.4 Å². The molecule has 8 heteroatoms. The highest BCUT2D eigenvalue weighted by molar-refractivity contribution is 5.99. The predicted molar refractivity (Wildman–Crippen MR) is 93.8 cm³/mol. The van der Waals surface area contributed by atoms with Gasteiger partial charge in [-0.1, -0.05) is 0 Å². The predicted octanol–water partition coefficient (Wildman–Crippen LogP) is 3.33. The minimum absolute atomic E-state index is 0.0804. The molecule has 2 aromatic carbocycles. The number of hydrogen-bond acceptors (Lipinski definition) is 4. The first-order chi connectivity index (χ1) is 12.9. The van der Waals surface area contributed by atoms with Crippen LogP contribution >= 0.6 is 0 Å². The quantitative estimate of drug-likeness (QED) is 0.869. The number of hydrogen-bond donors (Lipinski definition) is 1. The van der Waals surface area contributed by atoms with Gasteiger partial charge in [0.1, 0.15) is 23.3 Å². The Labute approximate surface area is 154 Å². The largest absolute Gasteiger partial charge is 0.497 e. The molecule has 3 rings (SSSR count). The summed E-state index contributed by atoms with van der Waals surface area (Å²) in [6.45, 7) is 0. The third-order valence-corrected chi connectivity index (χ3v) is 4.31. The Morgan fingerprint density at radius 1 is 1.11 bits per heavy atom. The highest BCUT2D eigenvalue weighted by Gasteiger charge is 2.33. The zero-order chi connectivity index (χ0) is 19.6. The van der Waals surface area contributed by atoms with Crippen LogP contribution in [-0.4, -0.2) is 36.9 Å². The van der Waals surface area contributed by atoms with Gasteiger partial charge < -0.3 is 19.7 Å². The van der Waals surface area contributed by atoms with Crippen molar-refractivity contribution in [3.63, 3.8) is 0 Å². The number of ether oxygens (including phenoxy) is 2. The highest BCUT2D eigenvalue weighted by Crippen LogP contribution is 2.31. The Morgan fingerprint density at radius 3 is 2.48 bits per heavy atom. The van der Waals surface area contributed by atoms with Crippen LogP contribution in [0.2, 0.25) is 0 Å². The van der Waals surface area contributed by atoms with Crippen molar-refractivity contribution in [2.75, 3.05) is 19.5 Å². The average molecular weight is 376 g/mol. The van der Waals surface area contributed by atoms with E-state index in [1.165, 1.54) is 24.1 Å². The van der Waals surface area contributed by atoms with Crippen molar-refractivity contribution in [3.05, 3.63) is 48.0 Å². The van der Waals surface area contributed by atoms with E-state index in [9.17, 15) is 18.4 Å². The highest BCUT2D eigenvalue weighted by atomic mass is 19.2. The Bertz CT molecular complexity index is 888. The first-order valence-electron chi connectivity index (χ1n) is 8.26. The second-order valence-electron chi connectivity index (χ2n) is 6.12. The Balaban J connectivity index is 1.79. The molecule has 6 nitrogen and oxygen atoms in total. The maximum absolute atomic E-state index is 13.4. The molecule has 1 saturated heterocycles. The fourth-order valence-electron chi connectivity index (χ4n) is 2.83. The van der Waals surface area contributed by atoms with Crippen molar-refractivity contribution in [1.29, 1.82) is 0 Å². The number of benzene rings is 2. The first kappa shape index (κ1) is 18.6. The molecule has 0 aliphatic carbocycles. The number of methoxy groups -OCH3 is 1. The molecule has 2 aromatic rings. The standard InChI is InChI=1S/C19H18F2N2O4/c1-23-17(5-6-18(23)24)19(25)22-11-7-13(26-2)9-14(8-11)27-12-3-4-15(20)16(21)10-12/h3-4,7-10,17H,5-6H2,1-2H3,(H,22,25)/t17-/m1/s1. The molecule has 1 fully saturated rings. The van der Waals surface area contributed by atoms with Gasteiger partial charge in [0.2, 0.25) is 11.8 Å². The van der Waals surface area contributed by atoms with Crippen LogP contribution in [0.3, 0.4) is 0 Å². The minimum atomic E-state index is -1.03. The van der Waals surface area contributed by atoms with E-state index in [1.807, 2.05) is 0 Å². The maximum Gasteiger partial charge on any atom is 0.247 e. The number of nitrogens with zero attached hydrogens (tertiary/aromatic N) is 1. The van der Waals surface area contributed by atoms with Crippen LogP contribution in [0.15, 0.2) is 36.4 Å². The number of likely N-dealkylation sites (tertiary alicyclic amines) is 1. The van der Waals surface area contributed by atoms with Crippen LogP contribution in [0.5, 0.6) is 17.2 Å². The summed E-state index contributed by atoms with van der Waals surface area (Å²) in [5, 5.41) is 2.73. The number of carbonyl (C=O) groups is 2. The molecular weight excluding hydrogens is 358 g/mol. The zero-order valence-corrected chi connectivity index (χ0v) is 14.8. The SMILES string of the molecule is COc1cc(NC(=O)[C@H]2CCC(=O)N2C)cc(Oc2ccc(F)c(F)c2)c1. The Hall–Kier alpha value is -3.16.